The van der Waals surface area contributed by atoms with E-state index in [1.807, 2.05) is 26.0 Å². The average Bonchev–Trinajstić information content (AvgIpc) is 3.43. The number of esters is 2. The minimum absolute atomic E-state index is 0. The molecule has 2 aliphatic heterocycles. The molecule has 38 heavy (non-hydrogen) atoms. The highest BCUT2D eigenvalue weighted by molar-refractivity contribution is 9.10. The van der Waals surface area contributed by atoms with Crippen molar-refractivity contribution >= 4 is 53.6 Å². The summed E-state index contributed by atoms with van der Waals surface area (Å²) >= 11 is 3.27. The monoisotopic (exact) mass is 634 g/mol. The smallest absolute Gasteiger partial charge is 0.340 e. The van der Waals surface area contributed by atoms with Crippen LogP contribution in [0.1, 0.15) is 52.1 Å². The zero-order chi connectivity index (χ0) is 27.8. The number of anilines is 1. The van der Waals surface area contributed by atoms with Crippen LogP contribution in [-0.2, 0) is 29.5 Å². The summed E-state index contributed by atoms with van der Waals surface area (Å²) in [6.07, 6.45) is 1.35. The predicted octanol–water partition coefficient (Wildman–Crippen LogP) is 3.81. The first kappa shape index (κ1) is 33.5. The number of carbonyl (C=O) groups excluding carboxylic acids is 2. The summed E-state index contributed by atoms with van der Waals surface area (Å²) in [5.74, 6) is -0.393. The molecule has 0 spiro atoms. The largest absolute Gasteiger partial charge is 0.465 e. The molecule has 0 radical (unpaired) electrons. The van der Waals surface area contributed by atoms with Crippen molar-refractivity contribution in [2.24, 2.45) is 0 Å². The van der Waals surface area contributed by atoms with Crippen molar-refractivity contribution in [1.29, 1.82) is 0 Å². The first-order valence-electron chi connectivity index (χ1n) is 11.3. The quantitative estimate of drug-likeness (QED) is 0.503. The van der Waals surface area contributed by atoms with Crippen LogP contribution in [0.25, 0.3) is 0 Å². The van der Waals surface area contributed by atoms with Crippen molar-refractivity contribution in [3.8, 4) is 0 Å². The van der Waals surface area contributed by atoms with Crippen molar-refractivity contribution in [3.63, 3.8) is 0 Å². The Kier molecular flexibility index (Phi) is 12.9. The van der Waals surface area contributed by atoms with E-state index in [9.17, 15) is 26.4 Å². The summed E-state index contributed by atoms with van der Waals surface area (Å²) in [5.41, 5.74) is 3.19. The summed E-state index contributed by atoms with van der Waals surface area (Å²) in [5, 5.41) is 0. The third-order valence-electron chi connectivity index (χ3n) is 5.36. The maximum Gasteiger partial charge on any atom is 0.340 e. The topological polar surface area (TPSA) is 136 Å². The van der Waals surface area contributed by atoms with Gasteiger partial charge in [0.2, 0.25) is 20.0 Å². The number of rotatable bonds is 3. The Morgan fingerprint density at radius 1 is 0.868 bits per heavy atom. The van der Waals surface area contributed by atoms with Crippen LogP contribution in [0.15, 0.2) is 40.9 Å². The SMILES string of the molecule is C.COC(=O)c1cc(C)ccc1Br.COC(=O)c1cc(C)ccc1N1CCCS1(=O)=O.O=S1(=O)CCCN1. The zero-order valence-corrected chi connectivity index (χ0v) is 24.3. The number of hydrogen-bond acceptors (Lipinski definition) is 8. The molecule has 1 N–H and O–H groups in total. The number of aryl methyl sites for hydroxylation is 2. The van der Waals surface area contributed by atoms with Gasteiger partial charge in [0.1, 0.15) is 0 Å². The van der Waals surface area contributed by atoms with Gasteiger partial charge in [-0.25, -0.2) is 31.1 Å². The van der Waals surface area contributed by atoms with Gasteiger partial charge in [-0.1, -0.05) is 30.7 Å². The van der Waals surface area contributed by atoms with Crippen LogP contribution in [-0.4, -0.2) is 67.6 Å². The molecule has 2 fully saturated rings. The number of ether oxygens (including phenoxy) is 2. The normalized spacial score (nSPS) is 16.6. The van der Waals surface area contributed by atoms with Gasteiger partial charge in [-0.2, -0.15) is 0 Å². The summed E-state index contributed by atoms with van der Waals surface area (Å²) in [7, 11) is -3.43. The molecule has 2 aromatic carbocycles. The number of benzene rings is 2. The minimum Gasteiger partial charge on any atom is -0.465 e. The maximum atomic E-state index is 11.9. The molecule has 4 rings (SSSR count). The van der Waals surface area contributed by atoms with Gasteiger partial charge in [0.05, 0.1) is 42.5 Å². The Balaban J connectivity index is 0.000000311. The van der Waals surface area contributed by atoms with Gasteiger partial charge < -0.3 is 9.47 Å². The van der Waals surface area contributed by atoms with Gasteiger partial charge in [0.25, 0.3) is 0 Å². The molecule has 0 aromatic heterocycles. The highest BCUT2D eigenvalue weighted by atomic mass is 79.9. The lowest BCUT2D eigenvalue weighted by Crippen LogP contribution is -2.27. The van der Waals surface area contributed by atoms with Crippen LogP contribution >= 0.6 is 15.9 Å². The van der Waals surface area contributed by atoms with Crippen molar-refractivity contribution in [2.45, 2.75) is 34.1 Å². The maximum absolute atomic E-state index is 11.9. The van der Waals surface area contributed by atoms with Crippen molar-refractivity contribution < 1.29 is 35.9 Å². The number of carbonyl (C=O) groups is 2. The van der Waals surface area contributed by atoms with E-state index in [1.54, 1.807) is 24.3 Å². The number of sulfonamides is 2. The Hall–Kier alpha value is -2.48. The third kappa shape index (κ3) is 9.37. The molecule has 2 aromatic rings. The second-order valence-corrected chi connectivity index (χ2v) is 13.1. The van der Waals surface area contributed by atoms with Gasteiger partial charge in [0, 0.05) is 17.6 Å². The highest BCUT2D eigenvalue weighted by Crippen LogP contribution is 2.29. The number of halogens is 1. The summed E-state index contributed by atoms with van der Waals surface area (Å²) in [6, 6.07) is 10.6. The molecule has 10 nitrogen and oxygen atoms in total. The zero-order valence-electron chi connectivity index (χ0n) is 21.1. The molecule has 13 heteroatoms. The number of nitrogens with zero attached hydrogens (tertiary/aromatic N) is 1. The lowest BCUT2D eigenvalue weighted by atomic mass is 10.1. The molecule has 0 amide bonds. The highest BCUT2D eigenvalue weighted by Gasteiger charge is 2.31. The lowest BCUT2D eigenvalue weighted by molar-refractivity contribution is 0.0591. The molecule has 212 valence electrons. The second-order valence-electron chi connectivity index (χ2n) is 8.30. The number of methoxy groups -OCH3 is 2. The van der Waals surface area contributed by atoms with Crippen LogP contribution < -0.4 is 9.03 Å². The fourth-order valence-electron chi connectivity index (χ4n) is 3.52. The molecule has 2 saturated heterocycles. The molecule has 2 aliphatic rings. The van der Waals surface area contributed by atoms with E-state index in [2.05, 4.69) is 25.4 Å². The summed E-state index contributed by atoms with van der Waals surface area (Å²) in [4.78, 5) is 22.8. The minimum atomic E-state index is -3.29. The van der Waals surface area contributed by atoms with Crippen LogP contribution in [0.4, 0.5) is 5.69 Å². The van der Waals surface area contributed by atoms with Gasteiger partial charge in [-0.15, -0.1) is 0 Å². The first-order valence-corrected chi connectivity index (χ1v) is 15.4. The van der Waals surface area contributed by atoms with E-state index < -0.39 is 26.0 Å². The van der Waals surface area contributed by atoms with Crippen molar-refractivity contribution in [1.82, 2.24) is 4.72 Å². The van der Waals surface area contributed by atoms with Crippen molar-refractivity contribution in [2.75, 3.05) is 43.1 Å². The molecule has 0 aliphatic carbocycles. The predicted molar refractivity (Wildman–Crippen MR) is 152 cm³/mol. The molecule has 0 atom stereocenters. The molecular weight excluding hydrogens is 600 g/mol. The Labute approximate surface area is 233 Å². The van der Waals surface area contributed by atoms with Crippen LogP contribution in [0.3, 0.4) is 0 Å². The van der Waals surface area contributed by atoms with Crippen LogP contribution in [0, 0.1) is 13.8 Å². The summed E-state index contributed by atoms with van der Waals surface area (Å²) in [6.45, 7) is 4.81. The summed E-state index contributed by atoms with van der Waals surface area (Å²) < 4.78 is 58.1. The number of nitrogens with one attached hydrogen (secondary N) is 1. The standard InChI is InChI=1S/C12H15NO4S.C9H9BrO2.C3H7NO2S.CH4/c1-9-4-5-11(10(8-9)12(14)17-2)13-6-3-7-18(13,15)16;1-6-3-4-8(10)7(5-6)9(11)12-2;5-7(6)3-1-2-4-7;/h4-5,8H,3,6-7H2,1-2H3;3-5H,1-2H3;4H,1-3H2;1H4. The Morgan fingerprint density at radius 3 is 1.87 bits per heavy atom. The van der Waals surface area contributed by atoms with Gasteiger partial charge >= 0.3 is 11.9 Å². The fourth-order valence-corrected chi connectivity index (χ4v) is 6.63. The lowest BCUT2D eigenvalue weighted by Gasteiger charge is -2.19. The fraction of sp³-hybridized carbons (Fsp3) is 0.440. The molecule has 2 heterocycles. The van der Waals surface area contributed by atoms with Gasteiger partial charge in [0.15, 0.2) is 0 Å². The second kappa shape index (κ2) is 14.6. The van der Waals surface area contributed by atoms with Crippen LogP contribution in [0.5, 0.6) is 0 Å². The van der Waals surface area contributed by atoms with Gasteiger partial charge in [-0.3, -0.25) is 4.31 Å². The van der Waals surface area contributed by atoms with E-state index in [0.29, 0.717) is 42.1 Å². The van der Waals surface area contributed by atoms with E-state index in [-0.39, 0.29) is 19.1 Å². The first-order chi connectivity index (χ1) is 17.3. The van der Waals surface area contributed by atoms with Crippen molar-refractivity contribution in [3.05, 3.63) is 63.1 Å². The van der Waals surface area contributed by atoms with E-state index in [1.165, 1.54) is 18.5 Å². The molecular formula is C25H35BrN2O8S2. The van der Waals surface area contributed by atoms with E-state index >= 15 is 0 Å². The molecule has 0 unspecified atom stereocenters. The van der Waals surface area contributed by atoms with E-state index in [4.69, 9.17) is 4.74 Å². The van der Waals surface area contributed by atoms with E-state index in [0.717, 1.165) is 22.0 Å². The van der Waals surface area contributed by atoms with Gasteiger partial charge in [-0.05, 0) is 66.9 Å². The van der Waals surface area contributed by atoms with Crippen LogP contribution in [0.2, 0.25) is 0 Å². The Morgan fingerprint density at radius 2 is 1.42 bits per heavy atom. The molecule has 0 bridgehead atoms. The molecule has 0 saturated carbocycles. The third-order valence-corrected chi connectivity index (χ3v) is 9.38. The number of hydrogen-bond donors (Lipinski definition) is 1. The average molecular weight is 636 g/mol. The Bertz CT molecular complexity index is 1330.